The van der Waals surface area contributed by atoms with Crippen LogP contribution in [0.25, 0.3) is 0 Å². The summed E-state index contributed by atoms with van der Waals surface area (Å²) in [5, 5.41) is 2.74. The minimum absolute atomic E-state index is 0.133. The summed E-state index contributed by atoms with van der Waals surface area (Å²) in [6.07, 6.45) is 3.17. The minimum Gasteiger partial charge on any atom is -0.322 e. The fraction of sp³-hybridized carbons (Fsp3) is 0.333. The van der Waals surface area contributed by atoms with Gasteiger partial charge in [0, 0.05) is 6.20 Å². The lowest BCUT2D eigenvalue weighted by molar-refractivity contribution is -0.118. The summed E-state index contributed by atoms with van der Waals surface area (Å²) in [5.41, 5.74) is 5.76. The van der Waals surface area contributed by atoms with E-state index in [4.69, 9.17) is 5.73 Å². The normalized spacial score (nSPS) is 17.6. The Kier molecular flexibility index (Phi) is 2.28. The lowest BCUT2D eigenvalue weighted by Gasteiger charge is -2.10. The largest absolute Gasteiger partial charge is 0.322 e. The molecule has 0 saturated heterocycles. The number of nitrogens with one attached hydrogen (secondary N) is 1. The fourth-order valence-electron chi connectivity index (χ4n) is 1.09. The Labute approximate surface area is 90.0 Å². The van der Waals surface area contributed by atoms with Crippen molar-refractivity contribution >= 4 is 27.5 Å². The van der Waals surface area contributed by atoms with Gasteiger partial charge >= 0.3 is 0 Å². The molecule has 1 amide bonds. The van der Waals surface area contributed by atoms with E-state index in [-0.39, 0.29) is 5.91 Å². The number of carbonyl (C=O) groups is 1. The lowest BCUT2D eigenvalue weighted by atomic mass is 10.2. The van der Waals surface area contributed by atoms with Crippen molar-refractivity contribution in [3.63, 3.8) is 0 Å². The van der Waals surface area contributed by atoms with Gasteiger partial charge in [-0.1, -0.05) is 0 Å². The maximum atomic E-state index is 11.6. The summed E-state index contributed by atoms with van der Waals surface area (Å²) in [6, 6.07) is 3.54. The van der Waals surface area contributed by atoms with Gasteiger partial charge < -0.3 is 11.1 Å². The third-order valence-corrected chi connectivity index (χ3v) is 2.88. The summed E-state index contributed by atoms with van der Waals surface area (Å²) in [4.78, 5) is 15.6. The molecule has 3 N–H and O–H groups in total. The monoisotopic (exact) mass is 255 g/mol. The van der Waals surface area contributed by atoms with Crippen molar-refractivity contribution in [2.24, 2.45) is 5.73 Å². The van der Waals surface area contributed by atoms with Gasteiger partial charge in [-0.25, -0.2) is 4.98 Å². The molecule has 1 fully saturated rings. The molecule has 0 aliphatic heterocycles. The molecular weight excluding hydrogens is 246 g/mol. The summed E-state index contributed by atoms with van der Waals surface area (Å²) in [7, 11) is 0. The summed E-state index contributed by atoms with van der Waals surface area (Å²) in [5.74, 6) is -0.133. The second-order valence-electron chi connectivity index (χ2n) is 3.45. The molecular formula is C9H10BrN3O. The van der Waals surface area contributed by atoms with Gasteiger partial charge in [-0.3, -0.25) is 4.79 Å². The minimum atomic E-state index is -0.644. The zero-order chi connectivity index (χ0) is 10.2. The molecule has 1 heterocycles. The first-order valence-corrected chi connectivity index (χ1v) is 5.12. The smallest absolute Gasteiger partial charge is 0.244 e. The topological polar surface area (TPSA) is 68.0 Å². The van der Waals surface area contributed by atoms with Crippen LogP contribution in [0, 0.1) is 0 Å². The quantitative estimate of drug-likeness (QED) is 0.783. The van der Waals surface area contributed by atoms with E-state index < -0.39 is 5.54 Å². The highest BCUT2D eigenvalue weighted by Crippen LogP contribution is 2.33. The Morgan fingerprint density at radius 1 is 1.64 bits per heavy atom. The molecule has 5 heteroatoms. The van der Waals surface area contributed by atoms with E-state index in [2.05, 4.69) is 26.2 Å². The van der Waals surface area contributed by atoms with Crippen LogP contribution in [0.3, 0.4) is 0 Å². The first kappa shape index (κ1) is 9.61. The van der Waals surface area contributed by atoms with Gasteiger partial charge in [0.15, 0.2) is 0 Å². The molecule has 14 heavy (non-hydrogen) atoms. The Bertz CT molecular complexity index is 376. The summed E-state index contributed by atoms with van der Waals surface area (Å²) >= 11 is 3.25. The van der Waals surface area contributed by atoms with E-state index in [9.17, 15) is 4.79 Å². The first-order chi connectivity index (χ1) is 6.62. The van der Waals surface area contributed by atoms with Gasteiger partial charge in [0.1, 0.15) is 4.60 Å². The average molecular weight is 256 g/mol. The Balaban J connectivity index is 2.11. The summed E-state index contributed by atoms with van der Waals surface area (Å²) in [6.45, 7) is 0. The molecule has 1 saturated carbocycles. The molecule has 2 rings (SSSR count). The fourth-order valence-corrected chi connectivity index (χ4v) is 1.44. The number of nitrogens with zero attached hydrogens (tertiary/aromatic N) is 1. The number of nitrogens with two attached hydrogens (primary N) is 1. The van der Waals surface area contributed by atoms with Crippen LogP contribution >= 0.6 is 15.9 Å². The first-order valence-electron chi connectivity index (χ1n) is 4.33. The third kappa shape index (κ3) is 1.78. The second kappa shape index (κ2) is 3.33. The molecule has 1 aliphatic carbocycles. The van der Waals surface area contributed by atoms with Crippen LogP contribution in [-0.4, -0.2) is 16.4 Å². The highest BCUT2D eigenvalue weighted by molar-refractivity contribution is 9.10. The number of carbonyl (C=O) groups excluding carboxylic acids is 1. The molecule has 1 aromatic rings. The van der Waals surface area contributed by atoms with E-state index in [1.54, 1.807) is 18.3 Å². The molecule has 0 bridgehead atoms. The maximum Gasteiger partial charge on any atom is 0.244 e. The van der Waals surface area contributed by atoms with Crippen LogP contribution in [-0.2, 0) is 4.79 Å². The molecule has 0 aromatic carbocycles. The maximum absolute atomic E-state index is 11.6. The van der Waals surface area contributed by atoms with Crippen LogP contribution in [0.5, 0.6) is 0 Å². The van der Waals surface area contributed by atoms with Crippen LogP contribution in [0.4, 0.5) is 5.69 Å². The highest BCUT2D eigenvalue weighted by atomic mass is 79.9. The van der Waals surface area contributed by atoms with Gasteiger partial charge in [-0.05, 0) is 40.9 Å². The average Bonchev–Trinajstić information content (AvgIpc) is 2.89. The Morgan fingerprint density at radius 2 is 2.36 bits per heavy atom. The van der Waals surface area contributed by atoms with E-state index in [1.165, 1.54) is 0 Å². The number of amides is 1. The molecule has 0 spiro atoms. The molecule has 0 atom stereocenters. The number of halogens is 1. The number of hydrogen-bond acceptors (Lipinski definition) is 3. The molecule has 1 aliphatic rings. The Morgan fingerprint density at radius 3 is 2.93 bits per heavy atom. The van der Waals surface area contributed by atoms with Crippen LogP contribution in [0.1, 0.15) is 12.8 Å². The van der Waals surface area contributed by atoms with Gasteiger partial charge in [0.2, 0.25) is 5.91 Å². The van der Waals surface area contributed by atoms with E-state index in [1.807, 2.05) is 0 Å². The number of aromatic nitrogens is 1. The highest BCUT2D eigenvalue weighted by Gasteiger charge is 2.46. The summed E-state index contributed by atoms with van der Waals surface area (Å²) < 4.78 is 0.623. The van der Waals surface area contributed by atoms with E-state index in [0.29, 0.717) is 10.3 Å². The van der Waals surface area contributed by atoms with Crippen molar-refractivity contribution in [3.8, 4) is 0 Å². The number of hydrogen-bond donors (Lipinski definition) is 2. The predicted molar refractivity (Wildman–Crippen MR) is 56.7 cm³/mol. The van der Waals surface area contributed by atoms with Crippen LogP contribution in [0.2, 0.25) is 0 Å². The molecule has 0 radical (unpaired) electrons. The predicted octanol–water partition coefficient (Wildman–Crippen LogP) is 1.27. The molecule has 0 unspecified atom stereocenters. The van der Waals surface area contributed by atoms with Crippen LogP contribution in [0.15, 0.2) is 22.9 Å². The molecule has 74 valence electrons. The molecule has 1 aromatic heterocycles. The van der Waals surface area contributed by atoms with Crippen molar-refractivity contribution in [3.05, 3.63) is 22.9 Å². The van der Waals surface area contributed by atoms with Crippen LogP contribution < -0.4 is 11.1 Å². The molecule has 4 nitrogen and oxygen atoms in total. The van der Waals surface area contributed by atoms with E-state index in [0.717, 1.165) is 12.8 Å². The standard InChI is InChI=1S/C9H10BrN3O/c10-7-6(2-1-5-12-7)13-8(14)9(11)3-4-9/h1-2,5H,3-4,11H2,(H,13,14). The zero-order valence-corrected chi connectivity index (χ0v) is 9.04. The number of rotatable bonds is 2. The second-order valence-corrected chi connectivity index (χ2v) is 4.20. The van der Waals surface area contributed by atoms with Gasteiger partial charge in [0.25, 0.3) is 0 Å². The number of anilines is 1. The SMILES string of the molecule is NC1(C(=O)Nc2cccnc2Br)CC1. The van der Waals surface area contributed by atoms with Crippen molar-refractivity contribution in [2.45, 2.75) is 18.4 Å². The van der Waals surface area contributed by atoms with Gasteiger partial charge in [-0.2, -0.15) is 0 Å². The van der Waals surface area contributed by atoms with Gasteiger partial charge in [0.05, 0.1) is 11.2 Å². The van der Waals surface area contributed by atoms with Crippen molar-refractivity contribution in [2.75, 3.05) is 5.32 Å². The van der Waals surface area contributed by atoms with Gasteiger partial charge in [-0.15, -0.1) is 0 Å². The third-order valence-electron chi connectivity index (χ3n) is 2.25. The zero-order valence-electron chi connectivity index (χ0n) is 7.46. The number of pyridine rings is 1. The van der Waals surface area contributed by atoms with Crippen molar-refractivity contribution < 1.29 is 4.79 Å². The lowest BCUT2D eigenvalue weighted by Crippen LogP contribution is -2.37. The Hall–Kier alpha value is -0.940. The van der Waals surface area contributed by atoms with Crippen molar-refractivity contribution in [1.29, 1.82) is 0 Å². The van der Waals surface area contributed by atoms with Crippen molar-refractivity contribution in [1.82, 2.24) is 4.98 Å². The van der Waals surface area contributed by atoms with E-state index >= 15 is 0 Å².